The van der Waals surface area contributed by atoms with Gasteiger partial charge in [0, 0.05) is 5.56 Å². The fourth-order valence-electron chi connectivity index (χ4n) is 2.34. The van der Waals surface area contributed by atoms with E-state index in [-0.39, 0.29) is 27.2 Å². The largest absolute Gasteiger partial charge is 0.366 e. The van der Waals surface area contributed by atoms with Gasteiger partial charge in [-0.3, -0.25) is 4.79 Å². The Kier molecular flexibility index (Phi) is 5.90. The van der Waals surface area contributed by atoms with E-state index in [0.29, 0.717) is 9.90 Å². The lowest BCUT2D eigenvalue weighted by atomic mass is 10.2. The van der Waals surface area contributed by atoms with Crippen LogP contribution in [-0.4, -0.2) is 19.3 Å². The van der Waals surface area contributed by atoms with Crippen molar-refractivity contribution in [3.05, 3.63) is 75.0 Å². The first-order valence-electron chi connectivity index (χ1n) is 7.66. The maximum absolute atomic E-state index is 13.8. The van der Waals surface area contributed by atoms with E-state index >= 15 is 0 Å². The van der Waals surface area contributed by atoms with Gasteiger partial charge in [0.2, 0.25) is 11.0 Å². The molecule has 0 aliphatic heterocycles. The average Bonchev–Trinajstić information content (AvgIpc) is 3.08. The number of aromatic nitrogens is 1. The molecular formula is C17H12Cl2FN3O3S2. The molecule has 2 aromatic carbocycles. The quantitative estimate of drug-likeness (QED) is 0.600. The lowest BCUT2D eigenvalue weighted by molar-refractivity contribution is 0.1000. The summed E-state index contributed by atoms with van der Waals surface area (Å²) < 4.78 is 41.5. The normalized spacial score (nSPS) is 11.4. The second-order valence-corrected chi connectivity index (χ2v) is 9.51. The molecule has 3 aromatic rings. The third kappa shape index (κ3) is 4.27. The molecule has 3 rings (SSSR count). The molecule has 0 saturated heterocycles. The van der Waals surface area contributed by atoms with Gasteiger partial charge in [-0.25, -0.2) is 22.1 Å². The van der Waals surface area contributed by atoms with Crippen molar-refractivity contribution in [3.63, 3.8) is 0 Å². The standard InChI is InChI=1S/C17H12Cl2FN3O3S2/c18-13-6-1-10(7-14(13)20)9-23(17-22-8-15(19)27-17)28(25,26)12-4-2-11(3-5-12)16(21)24/h1-8H,9H2,(H2,21,24). The smallest absolute Gasteiger partial charge is 0.266 e. The van der Waals surface area contributed by atoms with Gasteiger partial charge in [-0.05, 0) is 42.0 Å². The minimum Gasteiger partial charge on any atom is -0.366 e. The van der Waals surface area contributed by atoms with E-state index < -0.39 is 21.7 Å². The zero-order valence-corrected chi connectivity index (χ0v) is 17.1. The number of carbonyl (C=O) groups is 1. The summed E-state index contributed by atoms with van der Waals surface area (Å²) in [6.07, 6.45) is 1.32. The molecule has 0 bridgehead atoms. The minimum absolute atomic E-state index is 0.0718. The van der Waals surface area contributed by atoms with Crippen molar-refractivity contribution in [2.45, 2.75) is 11.4 Å². The Hall–Kier alpha value is -2.20. The Balaban J connectivity index is 2.04. The highest BCUT2D eigenvalue weighted by atomic mass is 35.5. The van der Waals surface area contributed by atoms with E-state index in [2.05, 4.69) is 4.98 Å². The zero-order chi connectivity index (χ0) is 20.5. The van der Waals surface area contributed by atoms with Crippen molar-refractivity contribution < 1.29 is 17.6 Å². The topological polar surface area (TPSA) is 93.4 Å². The number of benzene rings is 2. The molecule has 0 spiro atoms. The number of thiazole rings is 1. The molecule has 0 saturated carbocycles. The Morgan fingerprint density at radius 2 is 1.86 bits per heavy atom. The van der Waals surface area contributed by atoms with E-state index in [4.69, 9.17) is 28.9 Å². The van der Waals surface area contributed by atoms with Crippen LogP contribution in [0.5, 0.6) is 0 Å². The second kappa shape index (κ2) is 8.04. The van der Waals surface area contributed by atoms with E-state index in [1.807, 2.05) is 0 Å². The molecule has 11 heteroatoms. The van der Waals surface area contributed by atoms with Crippen LogP contribution in [0.2, 0.25) is 9.36 Å². The number of hydrogen-bond acceptors (Lipinski definition) is 5. The summed E-state index contributed by atoms with van der Waals surface area (Å²) in [7, 11) is -4.09. The number of nitrogens with zero attached hydrogens (tertiary/aromatic N) is 2. The number of nitrogens with two attached hydrogens (primary N) is 1. The van der Waals surface area contributed by atoms with Crippen LogP contribution in [0.25, 0.3) is 0 Å². The van der Waals surface area contributed by atoms with Crippen LogP contribution < -0.4 is 10.0 Å². The molecule has 1 amide bonds. The van der Waals surface area contributed by atoms with Gasteiger partial charge in [0.15, 0.2) is 0 Å². The predicted octanol–water partition coefficient (Wildman–Crippen LogP) is 4.08. The van der Waals surface area contributed by atoms with Crippen LogP contribution in [0.3, 0.4) is 0 Å². The fourth-order valence-corrected chi connectivity index (χ4v) is 4.98. The average molecular weight is 460 g/mol. The van der Waals surface area contributed by atoms with Gasteiger partial charge in [-0.1, -0.05) is 40.6 Å². The molecule has 0 radical (unpaired) electrons. The van der Waals surface area contributed by atoms with Gasteiger partial charge in [-0.15, -0.1) is 0 Å². The molecule has 6 nitrogen and oxygen atoms in total. The first kappa shape index (κ1) is 20.5. The molecule has 0 unspecified atom stereocenters. The molecule has 0 aliphatic rings. The second-order valence-electron chi connectivity index (χ2n) is 5.60. The summed E-state index contributed by atoms with van der Waals surface area (Å²) in [6.45, 7) is -0.197. The summed E-state index contributed by atoms with van der Waals surface area (Å²) in [6, 6.07) is 9.15. The van der Waals surface area contributed by atoms with Crippen LogP contribution in [0, 0.1) is 5.82 Å². The van der Waals surface area contributed by atoms with Crippen LogP contribution in [-0.2, 0) is 16.6 Å². The van der Waals surface area contributed by atoms with Gasteiger partial charge in [0.05, 0.1) is 22.7 Å². The molecule has 2 N–H and O–H groups in total. The van der Waals surface area contributed by atoms with Crippen LogP contribution in [0.4, 0.5) is 9.52 Å². The molecular weight excluding hydrogens is 448 g/mol. The van der Waals surface area contributed by atoms with Crippen molar-refractivity contribution in [1.29, 1.82) is 0 Å². The summed E-state index contributed by atoms with van der Waals surface area (Å²) in [5.74, 6) is -1.34. The summed E-state index contributed by atoms with van der Waals surface area (Å²) in [4.78, 5) is 15.2. The molecule has 1 heterocycles. The minimum atomic E-state index is -4.09. The van der Waals surface area contributed by atoms with Gasteiger partial charge < -0.3 is 5.73 Å². The fraction of sp³-hybridized carbons (Fsp3) is 0.0588. The van der Waals surface area contributed by atoms with Crippen LogP contribution in [0.1, 0.15) is 15.9 Å². The van der Waals surface area contributed by atoms with Crippen molar-refractivity contribution in [1.82, 2.24) is 4.98 Å². The Morgan fingerprint density at radius 1 is 1.18 bits per heavy atom. The van der Waals surface area contributed by atoms with Crippen LogP contribution >= 0.6 is 34.5 Å². The highest BCUT2D eigenvalue weighted by molar-refractivity contribution is 7.93. The van der Waals surface area contributed by atoms with Gasteiger partial charge in [0.25, 0.3) is 10.0 Å². The third-order valence-electron chi connectivity index (χ3n) is 3.72. The summed E-state index contributed by atoms with van der Waals surface area (Å²) >= 11 is 12.6. The van der Waals surface area contributed by atoms with Crippen molar-refractivity contribution in [2.75, 3.05) is 4.31 Å². The van der Waals surface area contributed by atoms with E-state index in [1.54, 1.807) is 0 Å². The van der Waals surface area contributed by atoms with Crippen molar-refractivity contribution >= 4 is 55.6 Å². The van der Waals surface area contributed by atoms with E-state index in [1.165, 1.54) is 42.6 Å². The summed E-state index contributed by atoms with van der Waals surface area (Å²) in [5, 5.41) is 0.0387. The number of hydrogen-bond donors (Lipinski definition) is 1. The molecule has 1 aromatic heterocycles. The number of amides is 1. The zero-order valence-electron chi connectivity index (χ0n) is 14.0. The van der Waals surface area contributed by atoms with Crippen LogP contribution in [0.15, 0.2) is 53.6 Å². The maximum atomic E-state index is 13.8. The number of anilines is 1. The Morgan fingerprint density at radius 3 is 2.39 bits per heavy atom. The molecule has 0 atom stereocenters. The number of halogens is 3. The number of primary amides is 1. The lowest BCUT2D eigenvalue weighted by Crippen LogP contribution is -2.30. The monoisotopic (exact) mass is 459 g/mol. The van der Waals surface area contributed by atoms with Crippen molar-refractivity contribution in [3.8, 4) is 0 Å². The first-order valence-corrected chi connectivity index (χ1v) is 10.7. The maximum Gasteiger partial charge on any atom is 0.266 e. The van der Waals surface area contributed by atoms with Gasteiger partial charge in [0.1, 0.15) is 10.2 Å². The molecule has 0 aliphatic carbocycles. The molecule has 28 heavy (non-hydrogen) atoms. The highest BCUT2D eigenvalue weighted by Crippen LogP contribution is 2.32. The van der Waals surface area contributed by atoms with Gasteiger partial charge >= 0.3 is 0 Å². The van der Waals surface area contributed by atoms with Gasteiger partial charge in [-0.2, -0.15) is 0 Å². The van der Waals surface area contributed by atoms with Crippen molar-refractivity contribution in [2.24, 2.45) is 5.73 Å². The van der Waals surface area contributed by atoms with E-state index in [9.17, 15) is 17.6 Å². The Labute approximate surface area is 174 Å². The van der Waals surface area contributed by atoms with E-state index in [0.717, 1.165) is 21.7 Å². The molecule has 146 valence electrons. The first-order chi connectivity index (χ1) is 13.2. The Bertz CT molecular complexity index is 1130. The summed E-state index contributed by atoms with van der Waals surface area (Å²) in [5.41, 5.74) is 5.72. The number of carbonyl (C=O) groups excluding carboxylic acids is 1. The SMILES string of the molecule is NC(=O)c1ccc(S(=O)(=O)N(Cc2ccc(Cl)c(F)c2)c2ncc(Cl)s2)cc1. The predicted molar refractivity (Wildman–Crippen MR) is 107 cm³/mol. The third-order valence-corrected chi connectivity index (χ3v) is 7.03. The number of rotatable bonds is 6. The number of sulfonamides is 1. The molecule has 0 fully saturated rings. The highest BCUT2D eigenvalue weighted by Gasteiger charge is 2.28. The lowest BCUT2D eigenvalue weighted by Gasteiger charge is -2.22.